The smallest absolute Gasteiger partial charge is 0.225 e. The highest BCUT2D eigenvalue weighted by molar-refractivity contribution is 7.18. The standard InChI is InChI=1S/C9H9Cl2N3S/c1-9(2,3)7-12-4-5(10)13-8(11)14-6(4)15-7/h1-3H3. The molecule has 0 aliphatic heterocycles. The lowest BCUT2D eigenvalue weighted by Crippen LogP contribution is -2.09. The predicted octanol–water partition coefficient (Wildman–Crippen LogP) is 3.69. The summed E-state index contributed by atoms with van der Waals surface area (Å²) in [5.41, 5.74) is 0.622. The van der Waals surface area contributed by atoms with Gasteiger partial charge in [0.2, 0.25) is 5.28 Å². The number of aromatic nitrogens is 3. The molecule has 15 heavy (non-hydrogen) atoms. The summed E-state index contributed by atoms with van der Waals surface area (Å²) in [6, 6.07) is 0. The molecule has 0 saturated carbocycles. The van der Waals surface area contributed by atoms with Crippen molar-refractivity contribution in [1.82, 2.24) is 15.0 Å². The molecule has 2 aromatic rings. The molecule has 0 amide bonds. The van der Waals surface area contributed by atoms with Crippen molar-refractivity contribution in [3.05, 3.63) is 15.4 Å². The molecule has 0 unspecified atom stereocenters. The molecule has 0 radical (unpaired) electrons. The van der Waals surface area contributed by atoms with Crippen LogP contribution < -0.4 is 0 Å². The molecule has 2 aromatic heterocycles. The van der Waals surface area contributed by atoms with Gasteiger partial charge in [-0.3, -0.25) is 0 Å². The third-order valence-electron chi connectivity index (χ3n) is 1.83. The number of thiazole rings is 1. The predicted molar refractivity (Wildman–Crippen MR) is 63.9 cm³/mol. The van der Waals surface area contributed by atoms with Crippen LogP contribution in [-0.2, 0) is 5.41 Å². The third kappa shape index (κ3) is 2.07. The first kappa shape index (κ1) is 11.0. The van der Waals surface area contributed by atoms with E-state index in [1.54, 1.807) is 0 Å². The van der Waals surface area contributed by atoms with E-state index in [4.69, 9.17) is 23.2 Å². The quantitative estimate of drug-likeness (QED) is 0.537. The van der Waals surface area contributed by atoms with Gasteiger partial charge in [-0.05, 0) is 11.6 Å². The van der Waals surface area contributed by atoms with Crippen molar-refractivity contribution in [2.45, 2.75) is 26.2 Å². The summed E-state index contributed by atoms with van der Waals surface area (Å²) < 4.78 is 0. The summed E-state index contributed by atoms with van der Waals surface area (Å²) >= 11 is 13.2. The second kappa shape index (κ2) is 3.54. The van der Waals surface area contributed by atoms with Crippen molar-refractivity contribution in [2.24, 2.45) is 0 Å². The average molecular weight is 262 g/mol. The number of rotatable bonds is 0. The van der Waals surface area contributed by atoms with E-state index in [1.807, 2.05) is 0 Å². The number of hydrogen-bond donors (Lipinski definition) is 0. The minimum atomic E-state index is -0.0127. The topological polar surface area (TPSA) is 38.7 Å². The number of fused-ring (bicyclic) bond motifs is 1. The first-order chi connectivity index (χ1) is 6.88. The Morgan fingerprint density at radius 3 is 2.33 bits per heavy atom. The molecule has 0 N–H and O–H groups in total. The van der Waals surface area contributed by atoms with Crippen molar-refractivity contribution in [3.8, 4) is 0 Å². The van der Waals surface area contributed by atoms with Gasteiger partial charge in [-0.2, -0.15) is 0 Å². The monoisotopic (exact) mass is 261 g/mol. The van der Waals surface area contributed by atoms with E-state index in [0.29, 0.717) is 10.7 Å². The van der Waals surface area contributed by atoms with Gasteiger partial charge < -0.3 is 0 Å². The third-order valence-corrected chi connectivity index (χ3v) is 3.64. The molecule has 0 fully saturated rings. The fourth-order valence-electron chi connectivity index (χ4n) is 1.09. The molecule has 0 saturated heterocycles. The van der Waals surface area contributed by atoms with Crippen LogP contribution in [0.2, 0.25) is 10.4 Å². The van der Waals surface area contributed by atoms with E-state index in [0.717, 1.165) is 9.84 Å². The summed E-state index contributed by atoms with van der Waals surface area (Å²) in [7, 11) is 0. The van der Waals surface area contributed by atoms with Gasteiger partial charge >= 0.3 is 0 Å². The van der Waals surface area contributed by atoms with Gasteiger partial charge in [-0.1, -0.05) is 43.7 Å². The van der Waals surface area contributed by atoms with Crippen molar-refractivity contribution in [1.29, 1.82) is 0 Å². The van der Waals surface area contributed by atoms with Gasteiger partial charge in [0, 0.05) is 5.41 Å². The Balaban J connectivity index is 2.71. The SMILES string of the molecule is CC(C)(C)c1nc2c(Cl)nc(Cl)nc2s1. The summed E-state index contributed by atoms with van der Waals surface area (Å²) in [6.45, 7) is 6.27. The molecule has 6 heteroatoms. The molecule has 0 bridgehead atoms. The van der Waals surface area contributed by atoms with Crippen molar-refractivity contribution in [2.75, 3.05) is 0 Å². The van der Waals surface area contributed by atoms with Crippen LogP contribution in [0.4, 0.5) is 0 Å². The summed E-state index contributed by atoms with van der Waals surface area (Å²) in [4.78, 5) is 13.1. The zero-order valence-corrected chi connectivity index (χ0v) is 10.8. The highest BCUT2D eigenvalue weighted by Crippen LogP contribution is 2.32. The van der Waals surface area contributed by atoms with Gasteiger partial charge in [0.15, 0.2) is 5.15 Å². The molecule has 3 nitrogen and oxygen atoms in total. The maximum atomic E-state index is 5.93. The number of halogens is 2. The van der Waals surface area contributed by atoms with Gasteiger partial charge in [0.25, 0.3) is 0 Å². The lowest BCUT2D eigenvalue weighted by atomic mass is 9.98. The van der Waals surface area contributed by atoms with Crippen LogP contribution in [0.5, 0.6) is 0 Å². The molecule has 2 heterocycles. The van der Waals surface area contributed by atoms with Crippen LogP contribution in [-0.4, -0.2) is 15.0 Å². The second-order valence-corrected chi connectivity index (χ2v) is 5.88. The largest absolute Gasteiger partial charge is 0.236 e. The normalized spacial score (nSPS) is 12.3. The molecule has 0 aliphatic rings. The molecule has 2 rings (SSSR count). The Morgan fingerprint density at radius 1 is 1.07 bits per heavy atom. The van der Waals surface area contributed by atoms with E-state index in [1.165, 1.54) is 11.3 Å². The summed E-state index contributed by atoms with van der Waals surface area (Å²) in [5.74, 6) is 0. The maximum Gasteiger partial charge on any atom is 0.225 e. The van der Waals surface area contributed by atoms with E-state index < -0.39 is 0 Å². The Bertz CT molecular complexity index is 516. The van der Waals surface area contributed by atoms with Crippen LogP contribution in [0, 0.1) is 0 Å². The van der Waals surface area contributed by atoms with Crippen LogP contribution >= 0.6 is 34.5 Å². The van der Waals surface area contributed by atoms with Crippen LogP contribution in [0.15, 0.2) is 0 Å². The maximum absolute atomic E-state index is 5.93. The molecular formula is C9H9Cl2N3S. The first-order valence-electron chi connectivity index (χ1n) is 4.38. The van der Waals surface area contributed by atoms with Crippen molar-refractivity contribution < 1.29 is 0 Å². The lowest BCUT2D eigenvalue weighted by molar-refractivity contribution is 0.587. The minimum absolute atomic E-state index is 0.0127. The highest BCUT2D eigenvalue weighted by Gasteiger charge is 2.21. The van der Waals surface area contributed by atoms with Gasteiger partial charge in [-0.25, -0.2) is 15.0 Å². The van der Waals surface area contributed by atoms with Gasteiger partial charge in [0.05, 0.1) is 0 Å². The Morgan fingerprint density at radius 2 is 1.73 bits per heavy atom. The number of hydrogen-bond acceptors (Lipinski definition) is 4. The molecule has 0 aliphatic carbocycles. The van der Waals surface area contributed by atoms with Gasteiger partial charge in [0.1, 0.15) is 15.4 Å². The van der Waals surface area contributed by atoms with E-state index in [-0.39, 0.29) is 10.7 Å². The minimum Gasteiger partial charge on any atom is -0.236 e. The van der Waals surface area contributed by atoms with Crippen LogP contribution in [0.1, 0.15) is 25.8 Å². The van der Waals surface area contributed by atoms with Crippen molar-refractivity contribution in [3.63, 3.8) is 0 Å². The molecule has 0 atom stereocenters. The van der Waals surface area contributed by atoms with Crippen LogP contribution in [0.25, 0.3) is 10.3 Å². The molecule has 0 aromatic carbocycles. The summed E-state index contributed by atoms with van der Waals surface area (Å²) in [6.07, 6.45) is 0. The fraction of sp³-hybridized carbons (Fsp3) is 0.444. The van der Waals surface area contributed by atoms with E-state index in [9.17, 15) is 0 Å². The lowest BCUT2D eigenvalue weighted by Gasteiger charge is -2.12. The Hall–Kier alpha value is -0.450. The first-order valence-corrected chi connectivity index (χ1v) is 5.95. The zero-order valence-electron chi connectivity index (χ0n) is 8.51. The van der Waals surface area contributed by atoms with E-state index in [2.05, 4.69) is 35.7 Å². The molecular weight excluding hydrogens is 253 g/mol. The Kier molecular flexibility index (Phi) is 2.61. The van der Waals surface area contributed by atoms with Crippen molar-refractivity contribution >= 4 is 44.9 Å². The number of nitrogens with zero attached hydrogens (tertiary/aromatic N) is 3. The zero-order chi connectivity index (χ0) is 11.2. The average Bonchev–Trinajstić information content (AvgIpc) is 2.46. The highest BCUT2D eigenvalue weighted by atomic mass is 35.5. The molecule has 80 valence electrons. The second-order valence-electron chi connectivity index (χ2n) is 4.21. The summed E-state index contributed by atoms with van der Waals surface area (Å²) in [5, 5.41) is 1.46. The fourth-order valence-corrected chi connectivity index (χ4v) is 2.61. The van der Waals surface area contributed by atoms with Gasteiger partial charge in [-0.15, -0.1) is 0 Å². The Labute approximate surface area is 101 Å². The van der Waals surface area contributed by atoms with Crippen LogP contribution in [0.3, 0.4) is 0 Å². The molecule has 0 spiro atoms. The van der Waals surface area contributed by atoms with E-state index >= 15 is 0 Å².